The number of benzene rings is 1. The molecular formula is C16H19FN2OS. The van der Waals surface area contributed by atoms with Gasteiger partial charge in [0.1, 0.15) is 5.82 Å². The number of nitrogens with zero attached hydrogens (tertiary/aromatic N) is 2. The standard InChI is InChI=1S/C16H19FN2OS/c1-11(16(20)14-6-4-5-7-15(14)17)8-19(3)9-13-10-21-12(2)18-13/h4-7,10-11H,8-9H2,1-3H3. The van der Waals surface area contributed by atoms with Crippen LogP contribution in [0.1, 0.15) is 28.0 Å². The van der Waals surface area contributed by atoms with Gasteiger partial charge < -0.3 is 0 Å². The van der Waals surface area contributed by atoms with Crippen LogP contribution >= 0.6 is 11.3 Å². The Kier molecular flexibility index (Phi) is 5.20. The summed E-state index contributed by atoms with van der Waals surface area (Å²) in [6.45, 7) is 5.07. The number of hydrogen-bond donors (Lipinski definition) is 0. The average Bonchev–Trinajstić information content (AvgIpc) is 2.83. The maximum Gasteiger partial charge on any atom is 0.169 e. The molecule has 112 valence electrons. The van der Waals surface area contributed by atoms with E-state index in [4.69, 9.17) is 0 Å². The summed E-state index contributed by atoms with van der Waals surface area (Å²) in [5, 5.41) is 3.06. The molecule has 0 bridgehead atoms. The summed E-state index contributed by atoms with van der Waals surface area (Å²) in [5.41, 5.74) is 1.17. The zero-order valence-electron chi connectivity index (χ0n) is 12.5. The molecule has 21 heavy (non-hydrogen) atoms. The highest BCUT2D eigenvalue weighted by Gasteiger charge is 2.20. The Morgan fingerprint density at radius 1 is 1.43 bits per heavy atom. The summed E-state index contributed by atoms with van der Waals surface area (Å²) >= 11 is 1.62. The van der Waals surface area contributed by atoms with Gasteiger partial charge in [0, 0.05) is 24.4 Å². The quantitative estimate of drug-likeness (QED) is 0.765. The van der Waals surface area contributed by atoms with Crippen LogP contribution < -0.4 is 0 Å². The molecule has 0 radical (unpaired) electrons. The van der Waals surface area contributed by atoms with Crippen LogP contribution in [0.25, 0.3) is 0 Å². The van der Waals surface area contributed by atoms with E-state index >= 15 is 0 Å². The third kappa shape index (κ3) is 4.19. The van der Waals surface area contributed by atoms with Crippen LogP contribution in [0.15, 0.2) is 29.6 Å². The van der Waals surface area contributed by atoms with Gasteiger partial charge in [0.15, 0.2) is 5.78 Å². The van der Waals surface area contributed by atoms with E-state index in [1.54, 1.807) is 23.5 Å². The molecule has 2 rings (SSSR count). The minimum absolute atomic E-state index is 0.158. The van der Waals surface area contributed by atoms with Gasteiger partial charge >= 0.3 is 0 Å². The van der Waals surface area contributed by atoms with Gasteiger partial charge in [-0.25, -0.2) is 9.37 Å². The highest BCUT2D eigenvalue weighted by molar-refractivity contribution is 7.09. The lowest BCUT2D eigenvalue weighted by molar-refractivity contribution is 0.0896. The molecule has 0 aliphatic heterocycles. The third-order valence-electron chi connectivity index (χ3n) is 3.27. The summed E-state index contributed by atoms with van der Waals surface area (Å²) in [7, 11) is 1.94. The molecule has 0 aliphatic carbocycles. The summed E-state index contributed by atoms with van der Waals surface area (Å²) < 4.78 is 13.6. The summed E-state index contributed by atoms with van der Waals surface area (Å²) in [5.74, 6) is -0.867. The Bertz CT molecular complexity index is 626. The van der Waals surface area contributed by atoms with E-state index in [1.807, 2.05) is 31.2 Å². The largest absolute Gasteiger partial charge is 0.300 e. The number of halogens is 1. The number of aryl methyl sites for hydroxylation is 1. The van der Waals surface area contributed by atoms with E-state index in [0.29, 0.717) is 13.1 Å². The van der Waals surface area contributed by atoms with Gasteiger partial charge in [0.2, 0.25) is 0 Å². The molecular weight excluding hydrogens is 287 g/mol. The predicted octanol–water partition coefficient (Wildman–Crippen LogP) is 3.54. The summed E-state index contributed by atoms with van der Waals surface area (Å²) in [6, 6.07) is 6.14. The molecule has 0 amide bonds. The van der Waals surface area contributed by atoms with Crippen LogP contribution in [-0.2, 0) is 6.54 Å². The van der Waals surface area contributed by atoms with E-state index < -0.39 is 5.82 Å². The number of thiazole rings is 1. The van der Waals surface area contributed by atoms with Crippen molar-refractivity contribution in [3.05, 3.63) is 51.7 Å². The average molecular weight is 306 g/mol. The molecule has 0 aliphatic rings. The smallest absolute Gasteiger partial charge is 0.169 e. The van der Waals surface area contributed by atoms with Crippen molar-refractivity contribution in [2.75, 3.05) is 13.6 Å². The van der Waals surface area contributed by atoms with Crippen molar-refractivity contribution in [3.8, 4) is 0 Å². The topological polar surface area (TPSA) is 33.2 Å². The molecule has 0 fully saturated rings. The van der Waals surface area contributed by atoms with Crippen LogP contribution in [0, 0.1) is 18.7 Å². The van der Waals surface area contributed by atoms with E-state index in [0.717, 1.165) is 10.7 Å². The lowest BCUT2D eigenvalue weighted by atomic mass is 9.98. The minimum atomic E-state index is -0.452. The van der Waals surface area contributed by atoms with Crippen LogP contribution in [0.4, 0.5) is 4.39 Å². The third-order valence-corrected chi connectivity index (χ3v) is 4.09. The van der Waals surface area contributed by atoms with Gasteiger partial charge in [-0.3, -0.25) is 9.69 Å². The zero-order valence-corrected chi connectivity index (χ0v) is 13.3. The van der Waals surface area contributed by atoms with Crippen molar-refractivity contribution in [2.45, 2.75) is 20.4 Å². The first-order valence-corrected chi connectivity index (χ1v) is 7.73. The number of ketones is 1. The van der Waals surface area contributed by atoms with Gasteiger partial charge in [-0.15, -0.1) is 11.3 Å². The Labute approximate surface area is 128 Å². The van der Waals surface area contributed by atoms with Crippen LogP contribution in [-0.4, -0.2) is 29.3 Å². The predicted molar refractivity (Wildman–Crippen MR) is 83.1 cm³/mol. The van der Waals surface area contributed by atoms with E-state index in [-0.39, 0.29) is 17.3 Å². The highest BCUT2D eigenvalue weighted by atomic mass is 32.1. The van der Waals surface area contributed by atoms with Crippen molar-refractivity contribution >= 4 is 17.1 Å². The van der Waals surface area contributed by atoms with Crippen molar-refractivity contribution in [2.24, 2.45) is 5.92 Å². The fraction of sp³-hybridized carbons (Fsp3) is 0.375. The number of carbonyl (C=O) groups is 1. The van der Waals surface area contributed by atoms with E-state index in [1.165, 1.54) is 12.1 Å². The van der Waals surface area contributed by atoms with Gasteiger partial charge in [0.05, 0.1) is 16.3 Å². The first kappa shape index (κ1) is 15.8. The first-order chi connectivity index (χ1) is 9.97. The molecule has 5 heteroatoms. The second-order valence-electron chi connectivity index (χ2n) is 5.30. The molecule has 1 aromatic carbocycles. The van der Waals surface area contributed by atoms with Crippen molar-refractivity contribution in [1.29, 1.82) is 0 Å². The molecule has 1 aromatic heterocycles. The minimum Gasteiger partial charge on any atom is -0.300 e. The Morgan fingerprint density at radius 3 is 2.76 bits per heavy atom. The van der Waals surface area contributed by atoms with Gasteiger partial charge in [-0.05, 0) is 26.1 Å². The van der Waals surface area contributed by atoms with Crippen LogP contribution in [0.5, 0.6) is 0 Å². The number of hydrogen-bond acceptors (Lipinski definition) is 4. The normalized spacial score (nSPS) is 12.6. The fourth-order valence-electron chi connectivity index (χ4n) is 2.30. The zero-order chi connectivity index (χ0) is 15.4. The maximum atomic E-state index is 13.6. The van der Waals surface area contributed by atoms with Crippen LogP contribution in [0.2, 0.25) is 0 Å². The second kappa shape index (κ2) is 6.91. The lowest BCUT2D eigenvalue weighted by Crippen LogP contribution is -2.29. The summed E-state index contributed by atoms with van der Waals surface area (Å²) in [6.07, 6.45) is 0. The van der Waals surface area contributed by atoms with Gasteiger partial charge in [0.25, 0.3) is 0 Å². The molecule has 1 unspecified atom stereocenters. The monoisotopic (exact) mass is 306 g/mol. The first-order valence-electron chi connectivity index (χ1n) is 6.85. The Balaban J connectivity index is 1.96. The van der Waals surface area contributed by atoms with E-state index in [9.17, 15) is 9.18 Å². The van der Waals surface area contributed by atoms with Gasteiger partial charge in [-0.2, -0.15) is 0 Å². The molecule has 1 heterocycles. The number of carbonyl (C=O) groups excluding carboxylic acids is 1. The Morgan fingerprint density at radius 2 is 2.14 bits per heavy atom. The van der Waals surface area contributed by atoms with Crippen molar-refractivity contribution in [3.63, 3.8) is 0 Å². The van der Waals surface area contributed by atoms with Crippen molar-refractivity contribution in [1.82, 2.24) is 9.88 Å². The second-order valence-corrected chi connectivity index (χ2v) is 6.36. The molecule has 3 nitrogen and oxygen atoms in total. The maximum absolute atomic E-state index is 13.6. The van der Waals surface area contributed by atoms with Gasteiger partial charge in [-0.1, -0.05) is 19.1 Å². The van der Waals surface area contributed by atoms with Crippen molar-refractivity contribution < 1.29 is 9.18 Å². The molecule has 2 aromatic rings. The van der Waals surface area contributed by atoms with E-state index in [2.05, 4.69) is 4.98 Å². The molecule has 0 spiro atoms. The number of aromatic nitrogens is 1. The molecule has 0 N–H and O–H groups in total. The van der Waals surface area contributed by atoms with Crippen LogP contribution in [0.3, 0.4) is 0 Å². The lowest BCUT2D eigenvalue weighted by Gasteiger charge is -2.19. The molecule has 0 saturated carbocycles. The molecule has 1 atom stereocenters. The summed E-state index contributed by atoms with van der Waals surface area (Å²) in [4.78, 5) is 18.7. The number of Topliss-reactive ketones (excluding diaryl/α,β-unsaturated/α-hetero) is 1. The Hall–Kier alpha value is -1.59. The highest BCUT2D eigenvalue weighted by Crippen LogP contribution is 2.15. The SMILES string of the molecule is Cc1nc(CN(C)CC(C)C(=O)c2ccccc2F)cs1. The fourth-order valence-corrected chi connectivity index (χ4v) is 2.90. The number of rotatable bonds is 6. The molecule has 0 saturated heterocycles.